The molecule has 0 unspecified atom stereocenters. The van der Waals surface area contributed by atoms with E-state index in [1.165, 1.54) is 39.4 Å². The van der Waals surface area contributed by atoms with Crippen LogP contribution in [-0.4, -0.2) is 23.2 Å². The molecule has 1 aromatic heterocycles. The minimum atomic E-state index is -0.515. The maximum atomic E-state index is 13.3. The van der Waals surface area contributed by atoms with E-state index in [2.05, 4.69) is 5.16 Å². The second kappa shape index (κ2) is 7.76. The Kier molecular flexibility index (Phi) is 5.03. The predicted octanol–water partition coefficient (Wildman–Crippen LogP) is 5.19. The van der Waals surface area contributed by atoms with Crippen LogP contribution in [-0.2, 0) is 4.79 Å². The largest absolute Gasteiger partial charge is 0.493 e. The molecule has 4 aliphatic rings. The Hall–Kier alpha value is -3.16. The molecule has 0 amide bonds. The molecule has 32 heavy (non-hydrogen) atoms. The number of rotatable bonds is 6. The van der Waals surface area contributed by atoms with Crippen molar-refractivity contribution in [1.82, 2.24) is 5.16 Å². The summed E-state index contributed by atoms with van der Waals surface area (Å²) < 4.78 is 16.4. The highest BCUT2D eigenvalue weighted by molar-refractivity contribution is 5.81. The van der Waals surface area contributed by atoms with Gasteiger partial charge in [0.2, 0.25) is 5.76 Å². The number of benzene rings is 1. The normalized spacial score (nSPS) is 28.2. The average molecular weight is 438 g/mol. The van der Waals surface area contributed by atoms with Crippen LogP contribution in [0.15, 0.2) is 22.7 Å². The SMILES string of the molecule is COc1cc(C=Cc2onc(C)c2[N+](=O)[O-])ccc1OC(=O)C12CC3CC(CC(C3)C1)C2. The number of aryl methyl sites for hydroxylation is 1. The third-order valence-corrected chi connectivity index (χ3v) is 7.33. The van der Waals surface area contributed by atoms with E-state index in [1.54, 1.807) is 24.3 Å². The zero-order valence-electron chi connectivity index (χ0n) is 18.2. The van der Waals surface area contributed by atoms with Crippen molar-refractivity contribution in [2.24, 2.45) is 23.2 Å². The smallest absolute Gasteiger partial charge is 0.338 e. The lowest BCUT2D eigenvalue weighted by molar-refractivity contribution is -0.386. The zero-order chi connectivity index (χ0) is 22.5. The molecule has 2 aromatic rings. The first-order valence-corrected chi connectivity index (χ1v) is 11.1. The maximum Gasteiger partial charge on any atom is 0.338 e. The summed E-state index contributed by atoms with van der Waals surface area (Å²) in [5.74, 6) is 2.75. The van der Waals surface area contributed by atoms with Crippen molar-refractivity contribution in [2.75, 3.05) is 7.11 Å². The second-order valence-electron chi connectivity index (χ2n) is 9.57. The van der Waals surface area contributed by atoms with E-state index in [0.29, 0.717) is 29.3 Å². The van der Waals surface area contributed by atoms with E-state index in [1.807, 2.05) is 0 Å². The molecule has 1 heterocycles. The highest BCUT2D eigenvalue weighted by Crippen LogP contribution is 2.60. The van der Waals surface area contributed by atoms with Crippen LogP contribution in [0.4, 0.5) is 5.69 Å². The van der Waals surface area contributed by atoms with Gasteiger partial charge in [-0.15, -0.1) is 0 Å². The van der Waals surface area contributed by atoms with Crippen molar-refractivity contribution in [2.45, 2.75) is 45.4 Å². The summed E-state index contributed by atoms with van der Waals surface area (Å²) in [5.41, 5.74) is 0.440. The lowest BCUT2D eigenvalue weighted by Crippen LogP contribution is -2.51. The third-order valence-electron chi connectivity index (χ3n) is 7.33. The molecule has 6 rings (SSSR count). The number of carbonyl (C=O) groups excluding carboxylic acids is 1. The third kappa shape index (κ3) is 3.57. The van der Waals surface area contributed by atoms with Gasteiger partial charge in [-0.25, -0.2) is 0 Å². The minimum Gasteiger partial charge on any atom is -0.493 e. The maximum absolute atomic E-state index is 13.3. The first kappa shape index (κ1) is 20.7. The zero-order valence-corrected chi connectivity index (χ0v) is 18.2. The van der Waals surface area contributed by atoms with E-state index >= 15 is 0 Å². The molecule has 4 fully saturated rings. The number of esters is 1. The Bertz CT molecular complexity index is 1070. The van der Waals surface area contributed by atoms with Gasteiger partial charge in [0, 0.05) is 0 Å². The average Bonchev–Trinajstić information content (AvgIpc) is 3.12. The van der Waals surface area contributed by atoms with Crippen molar-refractivity contribution in [3.8, 4) is 11.5 Å². The second-order valence-corrected chi connectivity index (χ2v) is 9.57. The molecular formula is C24H26N2O6. The van der Waals surface area contributed by atoms with E-state index in [9.17, 15) is 14.9 Å². The Morgan fingerprint density at radius 2 is 1.81 bits per heavy atom. The van der Waals surface area contributed by atoms with Gasteiger partial charge in [0.15, 0.2) is 17.2 Å². The highest BCUT2D eigenvalue weighted by Gasteiger charge is 2.55. The molecule has 0 N–H and O–H groups in total. The number of carbonyl (C=O) groups is 1. The summed E-state index contributed by atoms with van der Waals surface area (Å²) in [6.45, 7) is 1.52. The molecule has 4 bridgehead atoms. The molecule has 0 spiro atoms. The van der Waals surface area contributed by atoms with Gasteiger partial charge in [-0.05, 0) is 87.0 Å². The van der Waals surface area contributed by atoms with E-state index in [-0.39, 0.29) is 28.5 Å². The Morgan fingerprint density at radius 1 is 1.16 bits per heavy atom. The standard InChI is InChI=1S/C24H26N2O6/c1-14-22(26(28)29)20(32-25-14)6-4-15-3-5-19(21(10-15)30-2)31-23(27)24-11-16-7-17(12-24)9-18(8-16)13-24/h3-6,10,16-18H,7-9,11-13H2,1-2H3. The summed E-state index contributed by atoms with van der Waals surface area (Å²) in [5, 5.41) is 14.9. The van der Waals surface area contributed by atoms with Gasteiger partial charge in [-0.2, -0.15) is 0 Å². The lowest BCUT2D eigenvalue weighted by atomic mass is 9.49. The quantitative estimate of drug-likeness (QED) is 0.264. The molecule has 0 saturated heterocycles. The molecule has 8 nitrogen and oxygen atoms in total. The molecule has 4 aliphatic carbocycles. The molecule has 0 radical (unpaired) electrons. The van der Waals surface area contributed by atoms with E-state index < -0.39 is 4.92 Å². The van der Waals surface area contributed by atoms with Gasteiger partial charge >= 0.3 is 11.7 Å². The van der Waals surface area contributed by atoms with Crippen LogP contribution in [0.25, 0.3) is 12.2 Å². The summed E-state index contributed by atoms with van der Waals surface area (Å²) >= 11 is 0. The number of nitrogens with zero attached hydrogens (tertiary/aromatic N) is 2. The topological polar surface area (TPSA) is 105 Å². The predicted molar refractivity (Wildman–Crippen MR) is 116 cm³/mol. The Balaban J connectivity index is 1.34. The molecular weight excluding hydrogens is 412 g/mol. The van der Waals surface area contributed by atoms with Gasteiger partial charge in [0.25, 0.3) is 0 Å². The molecule has 0 aliphatic heterocycles. The fraction of sp³-hybridized carbons (Fsp3) is 0.500. The molecule has 0 atom stereocenters. The van der Waals surface area contributed by atoms with Crippen LogP contribution in [0.5, 0.6) is 11.5 Å². The number of hydrogen-bond donors (Lipinski definition) is 0. The van der Waals surface area contributed by atoms with Gasteiger partial charge in [0.1, 0.15) is 0 Å². The number of methoxy groups -OCH3 is 1. The van der Waals surface area contributed by atoms with Crippen LogP contribution < -0.4 is 9.47 Å². The van der Waals surface area contributed by atoms with Crippen LogP contribution in [0, 0.1) is 40.2 Å². The first-order chi connectivity index (χ1) is 15.4. The van der Waals surface area contributed by atoms with Crippen molar-refractivity contribution < 1.29 is 23.7 Å². The fourth-order valence-electron chi connectivity index (χ4n) is 6.33. The summed E-state index contributed by atoms with van der Waals surface area (Å²) in [6, 6.07) is 5.21. The van der Waals surface area contributed by atoms with Crippen molar-refractivity contribution in [1.29, 1.82) is 0 Å². The number of ether oxygens (including phenoxy) is 2. The molecule has 168 valence electrons. The summed E-state index contributed by atoms with van der Waals surface area (Å²) in [6.07, 6.45) is 9.77. The molecule has 8 heteroatoms. The lowest BCUT2D eigenvalue weighted by Gasteiger charge is -2.55. The van der Waals surface area contributed by atoms with Gasteiger partial charge in [-0.1, -0.05) is 17.3 Å². The first-order valence-electron chi connectivity index (χ1n) is 11.1. The van der Waals surface area contributed by atoms with Gasteiger partial charge in [0.05, 0.1) is 17.4 Å². The van der Waals surface area contributed by atoms with Crippen molar-refractivity contribution >= 4 is 23.8 Å². The van der Waals surface area contributed by atoms with E-state index in [0.717, 1.165) is 24.8 Å². The highest BCUT2D eigenvalue weighted by atomic mass is 16.6. The fourth-order valence-corrected chi connectivity index (χ4v) is 6.33. The number of hydrogen-bond acceptors (Lipinski definition) is 7. The van der Waals surface area contributed by atoms with E-state index in [4.69, 9.17) is 14.0 Å². The number of aromatic nitrogens is 1. The molecule has 4 saturated carbocycles. The van der Waals surface area contributed by atoms with Crippen LogP contribution in [0.1, 0.15) is 55.5 Å². The minimum absolute atomic E-state index is 0.0730. The summed E-state index contributed by atoms with van der Waals surface area (Å²) in [7, 11) is 1.52. The Morgan fingerprint density at radius 3 is 2.41 bits per heavy atom. The van der Waals surface area contributed by atoms with Gasteiger partial charge in [-0.3, -0.25) is 14.9 Å². The monoisotopic (exact) mass is 438 g/mol. The molecule has 1 aromatic carbocycles. The van der Waals surface area contributed by atoms with Crippen molar-refractivity contribution in [3.63, 3.8) is 0 Å². The van der Waals surface area contributed by atoms with Crippen LogP contribution in [0.3, 0.4) is 0 Å². The Labute approximate surface area is 185 Å². The number of nitro groups is 1. The van der Waals surface area contributed by atoms with Crippen molar-refractivity contribution in [3.05, 3.63) is 45.3 Å². The van der Waals surface area contributed by atoms with Crippen LogP contribution >= 0.6 is 0 Å². The summed E-state index contributed by atoms with van der Waals surface area (Å²) in [4.78, 5) is 23.9. The van der Waals surface area contributed by atoms with Gasteiger partial charge < -0.3 is 14.0 Å². The van der Waals surface area contributed by atoms with Crippen LogP contribution in [0.2, 0.25) is 0 Å².